The van der Waals surface area contributed by atoms with E-state index >= 15 is 0 Å². The van der Waals surface area contributed by atoms with Crippen molar-refractivity contribution in [1.82, 2.24) is 15.5 Å². The molecule has 8 heteroatoms. The van der Waals surface area contributed by atoms with Crippen molar-refractivity contribution in [2.45, 2.75) is 19.9 Å². The summed E-state index contributed by atoms with van der Waals surface area (Å²) in [6, 6.07) is 10.2. The van der Waals surface area contributed by atoms with E-state index < -0.39 is 0 Å². The molecule has 0 spiro atoms. The first-order valence-corrected chi connectivity index (χ1v) is 8.51. The second-order valence-corrected chi connectivity index (χ2v) is 6.21. The van der Waals surface area contributed by atoms with Gasteiger partial charge in [-0.1, -0.05) is 18.3 Å². The third kappa shape index (κ3) is 4.30. The second kappa shape index (κ2) is 7.71. The number of amides is 2. The Morgan fingerprint density at radius 1 is 1.12 bits per heavy atom. The molecule has 3 aromatic rings. The highest BCUT2D eigenvalue weighted by atomic mass is 32.1. The molecule has 2 heterocycles. The summed E-state index contributed by atoms with van der Waals surface area (Å²) in [6.45, 7) is 2.28. The molecule has 1 aromatic carbocycles. The number of carbonyl (C=O) groups excluding carboxylic acids is 2. The van der Waals surface area contributed by atoms with Gasteiger partial charge in [0.1, 0.15) is 10.8 Å². The minimum Gasteiger partial charge on any atom is -0.467 e. The van der Waals surface area contributed by atoms with E-state index in [0.29, 0.717) is 28.6 Å². The van der Waals surface area contributed by atoms with Crippen LogP contribution in [0.1, 0.15) is 37.9 Å². The average molecular weight is 356 g/mol. The molecule has 0 aliphatic rings. The zero-order valence-electron chi connectivity index (χ0n) is 13.5. The van der Waals surface area contributed by atoms with Crippen LogP contribution in [0.2, 0.25) is 0 Å². The Labute approximate surface area is 148 Å². The number of nitrogens with zero attached hydrogens (tertiary/aromatic N) is 2. The standard InChI is InChI=1S/C17H16N4O3S/c1-2-14-20-21-17(25-14)16(23)19-12-7-5-11(6-8-12)15(22)18-10-13-4-3-9-24-13/h3-9H,2,10H2,1H3,(H,18,22)(H,19,23). The molecule has 0 radical (unpaired) electrons. The predicted molar refractivity (Wildman–Crippen MR) is 93.6 cm³/mol. The van der Waals surface area contributed by atoms with Crippen LogP contribution >= 0.6 is 11.3 Å². The molecule has 0 saturated heterocycles. The fraction of sp³-hybridized carbons (Fsp3) is 0.176. The zero-order valence-corrected chi connectivity index (χ0v) is 14.3. The van der Waals surface area contributed by atoms with Crippen molar-refractivity contribution in [3.05, 3.63) is 64.0 Å². The van der Waals surface area contributed by atoms with E-state index in [1.807, 2.05) is 6.92 Å². The maximum atomic E-state index is 12.1. The van der Waals surface area contributed by atoms with E-state index in [-0.39, 0.29) is 11.8 Å². The van der Waals surface area contributed by atoms with Crippen molar-refractivity contribution < 1.29 is 14.0 Å². The van der Waals surface area contributed by atoms with E-state index in [9.17, 15) is 9.59 Å². The van der Waals surface area contributed by atoms with Crippen LogP contribution in [0.4, 0.5) is 5.69 Å². The fourth-order valence-electron chi connectivity index (χ4n) is 2.06. The van der Waals surface area contributed by atoms with Crippen LogP contribution in [0.3, 0.4) is 0 Å². The van der Waals surface area contributed by atoms with Crippen LogP contribution < -0.4 is 10.6 Å². The second-order valence-electron chi connectivity index (χ2n) is 5.15. The van der Waals surface area contributed by atoms with Crippen molar-refractivity contribution in [2.75, 3.05) is 5.32 Å². The Morgan fingerprint density at radius 3 is 2.56 bits per heavy atom. The smallest absolute Gasteiger partial charge is 0.286 e. The molecule has 0 aliphatic heterocycles. The van der Waals surface area contributed by atoms with Crippen molar-refractivity contribution >= 4 is 28.8 Å². The first-order chi connectivity index (χ1) is 12.2. The summed E-state index contributed by atoms with van der Waals surface area (Å²) < 4.78 is 5.16. The van der Waals surface area contributed by atoms with Gasteiger partial charge in [-0.25, -0.2) is 0 Å². The molecule has 0 bridgehead atoms. The van der Waals surface area contributed by atoms with Gasteiger partial charge in [0.2, 0.25) is 5.01 Å². The van der Waals surface area contributed by atoms with E-state index in [1.165, 1.54) is 11.3 Å². The number of aryl methyl sites for hydroxylation is 1. The van der Waals surface area contributed by atoms with Gasteiger partial charge in [0.05, 0.1) is 12.8 Å². The number of hydrogen-bond acceptors (Lipinski definition) is 6. The van der Waals surface area contributed by atoms with Crippen LogP contribution in [0, 0.1) is 0 Å². The molecule has 0 unspecified atom stereocenters. The molecule has 2 N–H and O–H groups in total. The molecule has 2 amide bonds. The topological polar surface area (TPSA) is 97.1 Å². The van der Waals surface area contributed by atoms with Gasteiger partial charge in [0, 0.05) is 11.3 Å². The number of aromatic nitrogens is 2. The number of furan rings is 1. The molecule has 25 heavy (non-hydrogen) atoms. The van der Waals surface area contributed by atoms with Gasteiger partial charge in [0.15, 0.2) is 0 Å². The fourth-order valence-corrected chi connectivity index (χ4v) is 2.73. The normalized spacial score (nSPS) is 10.4. The third-order valence-electron chi connectivity index (χ3n) is 3.37. The van der Waals surface area contributed by atoms with Gasteiger partial charge in [-0.2, -0.15) is 0 Å². The van der Waals surface area contributed by atoms with Crippen molar-refractivity contribution in [1.29, 1.82) is 0 Å². The first-order valence-electron chi connectivity index (χ1n) is 7.70. The summed E-state index contributed by atoms with van der Waals surface area (Å²) in [5.74, 6) is 0.152. The van der Waals surface area contributed by atoms with E-state index in [1.54, 1.807) is 42.7 Å². The minimum atomic E-state index is -0.313. The molecule has 3 rings (SSSR count). The Balaban J connectivity index is 1.57. The Kier molecular flexibility index (Phi) is 5.20. The van der Waals surface area contributed by atoms with Crippen LogP contribution in [0.5, 0.6) is 0 Å². The monoisotopic (exact) mass is 356 g/mol. The SMILES string of the molecule is CCc1nnc(C(=O)Nc2ccc(C(=O)NCc3ccco3)cc2)s1. The lowest BCUT2D eigenvalue weighted by Crippen LogP contribution is -2.22. The number of hydrogen-bond donors (Lipinski definition) is 2. The quantitative estimate of drug-likeness (QED) is 0.708. The van der Waals surface area contributed by atoms with E-state index in [4.69, 9.17) is 4.42 Å². The maximum absolute atomic E-state index is 12.1. The lowest BCUT2D eigenvalue weighted by Gasteiger charge is -2.06. The molecule has 0 fully saturated rings. The van der Waals surface area contributed by atoms with Gasteiger partial charge in [-0.15, -0.1) is 10.2 Å². The number of carbonyl (C=O) groups is 2. The van der Waals surface area contributed by atoms with Crippen LogP contribution in [0.15, 0.2) is 47.1 Å². The average Bonchev–Trinajstić information content (AvgIpc) is 3.32. The summed E-state index contributed by atoms with van der Waals surface area (Å²) >= 11 is 1.27. The van der Waals surface area contributed by atoms with Gasteiger partial charge in [-0.05, 0) is 42.8 Å². The molecule has 128 valence electrons. The molecule has 0 aliphatic carbocycles. The Bertz CT molecular complexity index is 856. The lowest BCUT2D eigenvalue weighted by molar-refractivity contribution is 0.0947. The van der Waals surface area contributed by atoms with Crippen LogP contribution in [-0.4, -0.2) is 22.0 Å². The van der Waals surface area contributed by atoms with Gasteiger partial charge < -0.3 is 15.1 Å². The highest BCUT2D eigenvalue weighted by Gasteiger charge is 2.13. The van der Waals surface area contributed by atoms with Gasteiger partial charge in [0.25, 0.3) is 11.8 Å². The number of benzene rings is 1. The van der Waals surface area contributed by atoms with Crippen LogP contribution in [0.25, 0.3) is 0 Å². The van der Waals surface area contributed by atoms with Gasteiger partial charge in [-0.3, -0.25) is 9.59 Å². The molecule has 0 saturated carbocycles. The maximum Gasteiger partial charge on any atom is 0.286 e. The first kappa shape index (κ1) is 16.8. The van der Waals surface area contributed by atoms with Crippen molar-refractivity contribution in [2.24, 2.45) is 0 Å². The molecular formula is C17H16N4O3S. The van der Waals surface area contributed by atoms with E-state index in [0.717, 1.165) is 11.4 Å². The highest BCUT2D eigenvalue weighted by molar-refractivity contribution is 7.13. The Morgan fingerprint density at radius 2 is 1.92 bits per heavy atom. The van der Waals surface area contributed by atoms with Gasteiger partial charge >= 0.3 is 0 Å². The highest BCUT2D eigenvalue weighted by Crippen LogP contribution is 2.14. The lowest BCUT2D eigenvalue weighted by atomic mass is 10.2. The zero-order chi connectivity index (χ0) is 17.6. The largest absolute Gasteiger partial charge is 0.467 e. The molecule has 0 atom stereocenters. The van der Waals surface area contributed by atoms with Crippen molar-refractivity contribution in [3.8, 4) is 0 Å². The third-order valence-corrected chi connectivity index (χ3v) is 4.44. The van der Waals surface area contributed by atoms with Crippen LogP contribution in [-0.2, 0) is 13.0 Å². The number of nitrogens with one attached hydrogen (secondary N) is 2. The number of anilines is 1. The van der Waals surface area contributed by atoms with Crippen molar-refractivity contribution in [3.63, 3.8) is 0 Å². The molecule has 2 aromatic heterocycles. The summed E-state index contributed by atoms with van der Waals surface area (Å²) in [6.07, 6.45) is 2.30. The molecule has 7 nitrogen and oxygen atoms in total. The predicted octanol–water partition coefficient (Wildman–Crippen LogP) is 2.88. The molecular weight excluding hydrogens is 340 g/mol. The Hall–Kier alpha value is -3.00. The number of rotatable bonds is 6. The summed E-state index contributed by atoms with van der Waals surface area (Å²) in [4.78, 5) is 24.2. The van der Waals surface area contributed by atoms with E-state index in [2.05, 4.69) is 20.8 Å². The summed E-state index contributed by atoms with van der Waals surface area (Å²) in [5, 5.41) is 14.4. The minimum absolute atomic E-state index is 0.217. The summed E-state index contributed by atoms with van der Waals surface area (Å²) in [7, 11) is 0. The summed E-state index contributed by atoms with van der Waals surface area (Å²) in [5.41, 5.74) is 1.08.